The van der Waals surface area contributed by atoms with Crippen LogP contribution in [0.15, 0.2) is 22.7 Å². The Morgan fingerprint density at radius 2 is 1.55 bits per heavy atom. The summed E-state index contributed by atoms with van der Waals surface area (Å²) in [6.45, 7) is 0. The van der Waals surface area contributed by atoms with Crippen LogP contribution in [0.1, 0.15) is 5.56 Å². The van der Waals surface area contributed by atoms with Crippen LogP contribution in [0.2, 0.25) is 0 Å². The maximum Gasteiger partial charge on any atom is 0.403 e. The summed E-state index contributed by atoms with van der Waals surface area (Å²) >= 11 is 2.71. The number of halogens is 8. The summed E-state index contributed by atoms with van der Waals surface area (Å²) in [5, 5.41) is 9.27. The summed E-state index contributed by atoms with van der Waals surface area (Å²) in [4.78, 5) is 0. The summed E-state index contributed by atoms with van der Waals surface area (Å²) < 4.78 is 87.1. The highest BCUT2D eigenvalue weighted by Gasteiger charge is 2.60. The molecule has 0 saturated carbocycles. The van der Waals surface area contributed by atoms with Gasteiger partial charge in [-0.25, -0.2) is 4.39 Å². The molecule has 20 heavy (non-hydrogen) atoms. The van der Waals surface area contributed by atoms with Crippen molar-refractivity contribution in [3.05, 3.63) is 34.1 Å². The average Bonchev–Trinajstić information content (AvgIpc) is 2.20. The van der Waals surface area contributed by atoms with Crippen LogP contribution in [0.3, 0.4) is 0 Å². The van der Waals surface area contributed by atoms with Gasteiger partial charge < -0.3 is 5.11 Å². The summed E-state index contributed by atoms with van der Waals surface area (Å²) in [5.74, 6) is -4.73. The maximum absolute atomic E-state index is 13.1. The smallest absolute Gasteiger partial charge is 0.392 e. The SMILES string of the molecule is OC(Cc1cccc(F)c1Br)C(C(F)(F)F)C(F)(F)F. The predicted molar refractivity (Wildman–Crippen MR) is 59.4 cm³/mol. The third-order valence-electron chi connectivity index (χ3n) is 2.55. The first-order valence-corrected chi connectivity index (χ1v) is 5.98. The van der Waals surface area contributed by atoms with E-state index < -0.39 is 36.6 Å². The highest BCUT2D eigenvalue weighted by Crippen LogP contribution is 2.42. The first kappa shape index (κ1) is 17.2. The Labute approximate surface area is 117 Å². The van der Waals surface area contributed by atoms with Crippen LogP contribution in [0, 0.1) is 11.7 Å². The fourth-order valence-electron chi connectivity index (χ4n) is 1.67. The Kier molecular flexibility index (Phi) is 5.07. The van der Waals surface area contributed by atoms with Gasteiger partial charge in [0.25, 0.3) is 0 Å². The van der Waals surface area contributed by atoms with Crippen LogP contribution in [0.25, 0.3) is 0 Å². The molecule has 1 rings (SSSR count). The van der Waals surface area contributed by atoms with Gasteiger partial charge in [0.2, 0.25) is 0 Å². The van der Waals surface area contributed by atoms with Crippen molar-refractivity contribution in [2.24, 2.45) is 5.92 Å². The molecule has 0 spiro atoms. The zero-order chi connectivity index (χ0) is 15.7. The second kappa shape index (κ2) is 5.88. The van der Waals surface area contributed by atoms with Crippen molar-refractivity contribution in [1.29, 1.82) is 0 Å². The molecule has 0 amide bonds. The number of aliphatic hydroxyl groups excluding tert-OH is 1. The summed E-state index contributed by atoms with van der Waals surface area (Å²) in [5.41, 5.74) is -0.184. The van der Waals surface area contributed by atoms with Crippen molar-refractivity contribution < 1.29 is 35.8 Å². The lowest BCUT2D eigenvalue weighted by Gasteiger charge is -2.27. The quantitative estimate of drug-likeness (QED) is 0.791. The van der Waals surface area contributed by atoms with Gasteiger partial charge in [0.05, 0.1) is 10.6 Å². The average molecular weight is 369 g/mol. The van der Waals surface area contributed by atoms with Gasteiger partial charge in [-0.3, -0.25) is 0 Å². The van der Waals surface area contributed by atoms with Crippen LogP contribution in [-0.2, 0) is 6.42 Å². The minimum absolute atomic E-state index is 0.184. The van der Waals surface area contributed by atoms with E-state index in [0.29, 0.717) is 0 Å². The largest absolute Gasteiger partial charge is 0.403 e. The number of rotatable bonds is 3. The molecule has 9 heteroatoms. The van der Waals surface area contributed by atoms with Gasteiger partial charge in [0, 0.05) is 6.42 Å². The van der Waals surface area contributed by atoms with Crippen molar-refractivity contribution in [3.63, 3.8) is 0 Å². The lowest BCUT2D eigenvalue weighted by Crippen LogP contribution is -2.45. The van der Waals surface area contributed by atoms with E-state index in [4.69, 9.17) is 0 Å². The van der Waals surface area contributed by atoms with Gasteiger partial charge in [-0.2, -0.15) is 26.3 Å². The van der Waals surface area contributed by atoms with E-state index in [1.807, 2.05) is 0 Å². The summed E-state index contributed by atoms with van der Waals surface area (Å²) in [7, 11) is 0. The molecule has 0 heterocycles. The van der Waals surface area contributed by atoms with E-state index >= 15 is 0 Å². The number of benzene rings is 1. The van der Waals surface area contributed by atoms with E-state index in [0.717, 1.165) is 18.2 Å². The fourth-order valence-corrected chi connectivity index (χ4v) is 2.10. The number of hydrogen-bond acceptors (Lipinski definition) is 1. The van der Waals surface area contributed by atoms with Crippen LogP contribution in [0.5, 0.6) is 0 Å². The Balaban J connectivity index is 3.04. The van der Waals surface area contributed by atoms with E-state index in [9.17, 15) is 35.8 Å². The van der Waals surface area contributed by atoms with Crippen molar-refractivity contribution in [3.8, 4) is 0 Å². The molecule has 0 radical (unpaired) electrons. The molecule has 0 fully saturated rings. The normalized spacial score (nSPS) is 14.7. The second-order valence-corrected chi connectivity index (χ2v) is 4.84. The topological polar surface area (TPSA) is 20.2 Å². The van der Waals surface area contributed by atoms with E-state index in [1.165, 1.54) is 0 Å². The zero-order valence-electron chi connectivity index (χ0n) is 9.56. The molecular weight excluding hydrogens is 361 g/mol. The second-order valence-electron chi connectivity index (χ2n) is 4.05. The zero-order valence-corrected chi connectivity index (χ0v) is 11.2. The predicted octanol–water partition coefficient (Wildman–Crippen LogP) is 4.23. The highest BCUT2D eigenvalue weighted by molar-refractivity contribution is 9.10. The monoisotopic (exact) mass is 368 g/mol. The first-order chi connectivity index (χ1) is 8.94. The van der Waals surface area contributed by atoms with E-state index in [2.05, 4.69) is 15.9 Å². The lowest BCUT2D eigenvalue weighted by molar-refractivity contribution is -0.305. The van der Waals surface area contributed by atoms with Crippen molar-refractivity contribution in [2.45, 2.75) is 24.9 Å². The molecule has 1 aromatic rings. The van der Waals surface area contributed by atoms with Crippen molar-refractivity contribution in [2.75, 3.05) is 0 Å². The molecule has 0 aromatic heterocycles. The van der Waals surface area contributed by atoms with E-state index in [-0.39, 0.29) is 10.0 Å². The third-order valence-corrected chi connectivity index (χ3v) is 3.44. The molecule has 0 bridgehead atoms. The first-order valence-electron chi connectivity index (χ1n) is 5.19. The molecule has 1 unspecified atom stereocenters. The van der Waals surface area contributed by atoms with Gasteiger partial charge in [-0.05, 0) is 27.6 Å². The highest BCUT2D eigenvalue weighted by atomic mass is 79.9. The molecular formula is C11H8BrF7O. The summed E-state index contributed by atoms with van der Waals surface area (Å²) in [6.07, 6.45) is -15.0. The fraction of sp³-hybridized carbons (Fsp3) is 0.455. The number of alkyl halides is 6. The molecule has 0 aliphatic heterocycles. The standard InChI is InChI=1S/C11H8BrF7O/c12-8-5(2-1-3-6(8)13)4-7(20)9(10(14,15)16)11(17,18)19/h1-3,7,9,20H,4H2. The minimum atomic E-state index is -5.64. The van der Waals surface area contributed by atoms with Crippen molar-refractivity contribution in [1.82, 2.24) is 0 Å². The van der Waals surface area contributed by atoms with Gasteiger partial charge in [-0.1, -0.05) is 12.1 Å². The molecule has 0 saturated heterocycles. The van der Waals surface area contributed by atoms with Gasteiger partial charge in [0.1, 0.15) is 5.82 Å². The Hall–Kier alpha value is -0.830. The number of hydrogen-bond donors (Lipinski definition) is 1. The number of aliphatic hydroxyl groups is 1. The molecule has 1 aromatic carbocycles. The summed E-state index contributed by atoms with van der Waals surface area (Å²) in [6, 6.07) is 3.23. The Morgan fingerprint density at radius 3 is 2.00 bits per heavy atom. The lowest BCUT2D eigenvalue weighted by atomic mass is 9.95. The third kappa shape index (κ3) is 4.08. The molecule has 1 atom stereocenters. The Bertz CT molecular complexity index is 455. The van der Waals surface area contributed by atoms with Gasteiger partial charge in [0.15, 0.2) is 5.92 Å². The van der Waals surface area contributed by atoms with Crippen LogP contribution in [0.4, 0.5) is 30.7 Å². The molecule has 0 aliphatic carbocycles. The molecule has 1 nitrogen and oxygen atoms in total. The van der Waals surface area contributed by atoms with E-state index in [1.54, 1.807) is 0 Å². The van der Waals surface area contributed by atoms with Gasteiger partial charge in [-0.15, -0.1) is 0 Å². The maximum atomic E-state index is 13.1. The van der Waals surface area contributed by atoms with Gasteiger partial charge >= 0.3 is 12.4 Å². The van der Waals surface area contributed by atoms with Crippen LogP contribution < -0.4 is 0 Å². The Morgan fingerprint density at radius 1 is 1.05 bits per heavy atom. The molecule has 0 aliphatic rings. The molecule has 1 N–H and O–H groups in total. The van der Waals surface area contributed by atoms with Crippen LogP contribution in [-0.4, -0.2) is 23.6 Å². The minimum Gasteiger partial charge on any atom is -0.392 e. The van der Waals surface area contributed by atoms with Crippen molar-refractivity contribution >= 4 is 15.9 Å². The molecule has 114 valence electrons. The van der Waals surface area contributed by atoms with Crippen LogP contribution >= 0.6 is 15.9 Å².